The Balaban J connectivity index is 3.00. The highest BCUT2D eigenvalue weighted by Gasteiger charge is 2.19. The van der Waals surface area contributed by atoms with Gasteiger partial charge in [0.25, 0.3) is 5.91 Å². The normalized spacial score (nSPS) is 12.0. The highest BCUT2D eigenvalue weighted by molar-refractivity contribution is 7.80. The van der Waals surface area contributed by atoms with Gasteiger partial charge in [-0.1, -0.05) is 12.2 Å². The zero-order valence-electron chi connectivity index (χ0n) is 10.0. The Bertz CT molecular complexity index is 442. The molecule has 1 aromatic carbocycles. The van der Waals surface area contributed by atoms with Crippen molar-refractivity contribution < 1.29 is 9.18 Å². The maximum Gasteiger partial charge on any atom is 0.254 e. The van der Waals surface area contributed by atoms with E-state index in [2.05, 4.69) is 0 Å². The first-order chi connectivity index (χ1) is 7.82. The van der Waals surface area contributed by atoms with Gasteiger partial charge in [0.05, 0.1) is 11.0 Å². The second kappa shape index (κ2) is 5.23. The molecule has 0 aliphatic carbocycles. The molecule has 5 heteroatoms. The van der Waals surface area contributed by atoms with Gasteiger partial charge in [0.2, 0.25) is 0 Å². The Morgan fingerprint density at radius 2 is 2.06 bits per heavy atom. The summed E-state index contributed by atoms with van der Waals surface area (Å²) in [5.41, 5.74) is 6.47. The second-order valence-corrected chi connectivity index (χ2v) is 4.48. The van der Waals surface area contributed by atoms with Crippen LogP contribution in [0.25, 0.3) is 0 Å². The fraction of sp³-hybridized carbons (Fsp3) is 0.333. The average Bonchev–Trinajstić information content (AvgIpc) is 2.24. The van der Waals surface area contributed by atoms with Crippen LogP contribution in [0.1, 0.15) is 22.8 Å². The molecule has 1 aromatic rings. The molecule has 17 heavy (non-hydrogen) atoms. The highest BCUT2D eigenvalue weighted by atomic mass is 32.1. The van der Waals surface area contributed by atoms with Gasteiger partial charge in [-0.2, -0.15) is 0 Å². The molecule has 3 nitrogen and oxygen atoms in total. The number of nitrogens with zero attached hydrogens (tertiary/aromatic N) is 1. The summed E-state index contributed by atoms with van der Waals surface area (Å²) in [7, 11) is 1.59. The standard InChI is InChI=1S/C12H15FN2OS/c1-7-4-9(6-10(13)5-7)12(16)15(3)8(2)11(14)17/h4-6,8H,1-3H3,(H2,14,17). The van der Waals surface area contributed by atoms with E-state index in [1.54, 1.807) is 27.0 Å². The van der Waals surface area contributed by atoms with E-state index in [4.69, 9.17) is 18.0 Å². The smallest absolute Gasteiger partial charge is 0.254 e. The van der Waals surface area contributed by atoms with Gasteiger partial charge in [-0.05, 0) is 37.6 Å². The number of likely N-dealkylation sites (N-methyl/N-ethyl adjacent to an activating group) is 1. The maximum absolute atomic E-state index is 13.2. The molecule has 1 rings (SSSR count). The third-order valence-corrected chi connectivity index (χ3v) is 2.94. The molecular formula is C12H15FN2OS. The summed E-state index contributed by atoms with van der Waals surface area (Å²) < 4.78 is 13.2. The van der Waals surface area contributed by atoms with Gasteiger partial charge in [-0.3, -0.25) is 4.79 Å². The average molecular weight is 254 g/mol. The van der Waals surface area contributed by atoms with E-state index in [0.29, 0.717) is 11.1 Å². The number of carbonyl (C=O) groups excluding carboxylic acids is 1. The molecule has 0 saturated heterocycles. The van der Waals surface area contributed by atoms with E-state index in [1.807, 2.05) is 0 Å². The van der Waals surface area contributed by atoms with E-state index in [-0.39, 0.29) is 16.9 Å². The SMILES string of the molecule is Cc1cc(F)cc(C(=O)N(C)C(C)C(N)=S)c1. The third kappa shape index (κ3) is 3.23. The van der Waals surface area contributed by atoms with Gasteiger partial charge in [0.1, 0.15) is 5.82 Å². The number of amides is 1. The van der Waals surface area contributed by atoms with Crippen molar-refractivity contribution in [3.63, 3.8) is 0 Å². The van der Waals surface area contributed by atoms with E-state index in [1.165, 1.54) is 17.0 Å². The number of rotatable bonds is 3. The fourth-order valence-electron chi connectivity index (χ4n) is 1.43. The molecule has 92 valence electrons. The van der Waals surface area contributed by atoms with Crippen LogP contribution in [0.15, 0.2) is 18.2 Å². The van der Waals surface area contributed by atoms with Crippen molar-refractivity contribution in [2.45, 2.75) is 19.9 Å². The van der Waals surface area contributed by atoms with Crippen molar-refractivity contribution >= 4 is 23.1 Å². The molecule has 2 N–H and O–H groups in total. The number of hydrogen-bond acceptors (Lipinski definition) is 2. The van der Waals surface area contributed by atoms with Gasteiger partial charge >= 0.3 is 0 Å². The molecule has 1 atom stereocenters. The Morgan fingerprint density at radius 1 is 1.47 bits per heavy atom. The molecule has 0 fully saturated rings. The molecule has 0 bridgehead atoms. The topological polar surface area (TPSA) is 46.3 Å². The van der Waals surface area contributed by atoms with Gasteiger partial charge in [-0.25, -0.2) is 4.39 Å². The predicted molar refractivity (Wildman–Crippen MR) is 69.5 cm³/mol. The van der Waals surface area contributed by atoms with E-state index >= 15 is 0 Å². The summed E-state index contributed by atoms with van der Waals surface area (Å²) in [6.45, 7) is 3.46. The Morgan fingerprint density at radius 3 is 2.53 bits per heavy atom. The van der Waals surface area contributed by atoms with Crippen molar-refractivity contribution in [2.24, 2.45) is 5.73 Å². The molecule has 0 saturated carbocycles. The molecule has 0 aromatic heterocycles. The lowest BCUT2D eigenvalue weighted by Gasteiger charge is -2.24. The molecule has 1 unspecified atom stereocenters. The zero-order chi connectivity index (χ0) is 13.2. The van der Waals surface area contributed by atoms with E-state index in [0.717, 1.165) is 0 Å². The van der Waals surface area contributed by atoms with Gasteiger partial charge < -0.3 is 10.6 Å². The molecule has 1 amide bonds. The summed E-state index contributed by atoms with van der Waals surface area (Å²) in [6, 6.07) is 3.85. The first kappa shape index (κ1) is 13.6. The summed E-state index contributed by atoms with van der Waals surface area (Å²) in [4.78, 5) is 13.7. The number of nitrogens with two attached hydrogens (primary N) is 1. The van der Waals surface area contributed by atoms with Crippen molar-refractivity contribution in [2.75, 3.05) is 7.05 Å². The van der Waals surface area contributed by atoms with E-state index < -0.39 is 5.82 Å². The van der Waals surface area contributed by atoms with Gasteiger partial charge in [-0.15, -0.1) is 0 Å². The zero-order valence-corrected chi connectivity index (χ0v) is 10.8. The third-order valence-electron chi connectivity index (χ3n) is 2.60. The second-order valence-electron chi connectivity index (χ2n) is 4.01. The molecule has 0 aliphatic heterocycles. The monoisotopic (exact) mass is 254 g/mol. The Kier molecular flexibility index (Phi) is 4.17. The summed E-state index contributed by atoms with van der Waals surface area (Å²) >= 11 is 4.83. The first-order valence-corrected chi connectivity index (χ1v) is 5.57. The van der Waals surface area contributed by atoms with E-state index in [9.17, 15) is 9.18 Å². The van der Waals surface area contributed by atoms with Gasteiger partial charge in [0, 0.05) is 12.6 Å². The van der Waals surface area contributed by atoms with Crippen LogP contribution < -0.4 is 5.73 Å². The predicted octanol–water partition coefficient (Wildman–Crippen LogP) is 1.88. The quantitative estimate of drug-likeness (QED) is 0.838. The van der Waals surface area contributed by atoms with Crippen LogP contribution in [0.5, 0.6) is 0 Å². The van der Waals surface area contributed by atoms with Crippen LogP contribution in [0, 0.1) is 12.7 Å². The minimum atomic E-state index is -0.426. The van der Waals surface area contributed by atoms with Crippen molar-refractivity contribution in [3.8, 4) is 0 Å². The number of thiocarbonyl (C=S) groups is 1. The molecule has 0 spiro atoms. The lowest BCUT2D eigenvalue weighted by atomic mass is 10.1. The van der Waals surface area contributed by atoms with Crippen LogP contribution in [-0.2, 0) is 0 Å². The first-order valence-electron chi connectivity index (χ1n) is 5.16. The maximum atomic E-state index is 13.2. The molecule has 0 aliphatic rings. The lowest BCUT2D eigenvalue weighted by Crippen LogP contribution is -2.42. The number of hydrogen-bond donors (Lipinski definition) is 1. The summed E-state index contributed by atoms with van der Waals surface area (Å²) in [5, 5.41) is 0. The Labute approximate surface area is 105 Å². The van der Waals surface area contributed by atoms with Crippen molar-refractivity contribution in [1.82, 2.24) is 4.90 Å². The lowest BCUT2D eigenvalue weighted by molar-refractivity contribution is 0.0778. The summed E-state index contributed by atoms with van der Waals surface area (Å²) in [6.07, 6.45) is 0. The minimum Gasteiger partial charge on any atom is -0.392 e. The van der Waals surface area contributed by atoms with Gasteiger partial charge in [0.15, 0.2) is 0 Å². The molecule has 0 radical (unpaired) electrons. The molecule has 0 heterocycles. The van der Waals surface area contributed by atoms with Crippen LogP contribution in [0.4, 0.5) is 4.39 Å². The fourth-order valence-corrected chi connectivity index (χ4v) is 1.59. The van der Waals surface area contributed by atoms with Crippen molar-refractivity contribution in [1.29, 1.82) is 0 Å². The highest BCUT2D eigenvalue weighted by Crippen LogP contribution is 2.12. The number of carbonyl (C=O) groups is 1. The minimum absolute atomic E-state index is 0.231. The van der Waals surface area contributed by atoms with Crippen LogP contribution >= 0.6 is 12.2 Å². The van der Waals surface area contributed by atoms with Crippen LogP contribution in [0.2, 0.25) is 0 Å². The molecular weight excluding hydrogens is 239 g/mol. The summed E-state index contributed by atoms with van der Waals surface area (Å²) in [5.74, 6) is -0.724. The number of aryl methyl sites for hydroxylation is 1. The van der Waals surface area contributed by atoms with Crippen molar-refractivity contribution in [3.05, 3.63) is 35.1 Å². The number of benzene rings is 1. The largest absolute Gasteiger partial charge is 0.392 e. The van der Waals surface area contributed by atoms with Crippen LogP contribution in [0.3, 0.4) is 0 Å². The number of halogens is 1. The Hall–Kier alpha value is -1.49. The van der Waals surface area contributed by atoms with Crippen LogP contribution in [-0.4, -0.2) is 28.9 Å².